The van der Waals surface area contributed by atoms with Crippen molar-refractivity contribution in [2.75, 3.05) is 44.2 Å². The maximum Gasteiger partial charge on any atom is 0.132 e. The number of piperazine rings is 1. The van der Waals surface area contributed by atoms with Crippen LogP contribution in [0.25, 0.3) is 0 Å². The van der Waals surface area contributed by atoms with E-state index in [1.54, 1.807) is 0 Å². The molecule has 0 amide bonds. The van der Waals surface area contributed by atoms with Crippen LogP contribution in [0, 0.1) is 6.92 Å². The molecular weight excluding hydrogens is 250 g/mol. The Balaban J connectivity index is 1.88. The molecule has 0 radical (unpaired) electrons. The summed E-state index contributed by atoms with van der Waals surface area (Å²) in [6.45, 7) is 10.5. The lowest BCUT2D eigenvalue weighted by Gasteiger charge is -2.35. The predicted octanol–water partition coefficient (Wildman–Crippen LogP) is 1.21. The molecule has 1 saturated heterocycles. The number of unbranched alkanes of at least 4 members (excludes halogenated alkanes) is 1. The van der Waals surface area contributed by atoms with Gasteiger partial charge in [-0.05, 0) is 39.3 Å². The molecule has 112 valence electrons. The van der Waals surface area contributed by atoms with Crippen LogP contribution in [-0.4, -0.2) is 54.1 Å². The van der Waals surface area contributed by atoms with Crippen molar-refractivity contribution in [3.05, 3.63) is 17.6 Å². The minimum absolute atomic E-state index is 0.806. The van der Waals surface area contributed by atoms with Gasteiger partial charge in [-0.15, -0.1) is 0 Å². The van der Waals surface area contributed by atoms with Gasteiger partial charge in [0.2, 0.25) is 0 Å². The summed E-state index contributed by atoms with van der Waals surface area (Å²) in [5, 5.41) is 0. The first-order valence-electron chi connectivity index (χ1n) is 7.75. The largest absolute Gasteiger partial charge is 0.354 e. The molecule has 5 heteroatoms. The van der Waals surface area contributed by atoms with Gasteiger partial charge in [0.25, 0.3) is 0 Å². The van der Waals surface area contributed by atoms with Gasteiger partial charge < -0.3 is 10.6 Å². The molecule has 1 aromatic heterocycles. The smallest absolute Gasteiger partial charge is 0.132 e. The summed E-state index contributed by atoms with van der Waals surface area (Å²) in [6, 6.07) is 2.14. The third kappa shape index (κ3) is 4.15. The van der Waals surface area contributed by atoms with Crippen LogP contribution in [0.1, 0.15) is 31.3 Å². The molecule has 0 unspecified atom stereocenters. The Morgan fingerprint density at radius 1 is 1.15 bits per heavy atom. The lowest BCUT2D eigenvalue weighted by Crippen LogP contribution is -2.47. The molecule has 2 heterocycles. The van der Waals surface area contributed by atoms with Crippen molar-refractivity contribution in [3.8, 4) is 0 Å². The van der Waals surface area contributed by atoms with Crippen molar-refractivity contribution >= 4 is 5.82 Å². The maximum absolute atomic E-state index is 5.54. The van der Waals surface area contributed by atoms with E-state index >= 15 is 0 Å². The van der Waals surface area contributed by atoms with Gasteiger partial charge in [0.15, 0.2) is 0 Å². The second-order valence-electron chi connectivity index (χ2n) is 5.44. The Bertz CT molecular complexity index is 413. The molecule has 5 nitrogen and oxygen atoms in total. The molecule has 0 aliphatic carbocycles. The summed E-state index contributed by atoms with van der Waals surface area (Å²) in [7, 11) is 0. The van der Waals surface area contributed by atoms with Gasteiger partial charge in [-0.25, -0.2) is 9.97 Å². The number of aromatic nitrogens is 2. The van der Waals surface area contributed by atoms with Crippen LogP contribution in [0.2, 0.25) is 0 Å². The fraction of sp³-hybridized carbons (Fsp3) is 0.733. The number of aryl methyl sites for hydroxylation is 2. The number of anilines is 1. The minimum atomic E-state index is 0.806. The normalized spacial score (nSPS) is 16.6. The summed E-state index contributed by atoms with van der Waals surface area (Å²) in [5.74, 6) is 1.97. The summed E-state index contributed by atoms with van der Waals surface area (Å²) in [5.41, 5.74) is 6.68. The van der Waals surface area contributed by atoms with Crippen LogP contribution in [0.4, 0.5) is 5.82 Å². The summed E-state index contributed by atoms with van der Waals surface area (Å²) in [4.78, 5) is 13.9. The van der Waals surface area contributed by atoms with E-state index in [2.05, 4.69) is 32.8 Å². The van der Waals surface area contributed by atoms with E-state index in [9.17, 15) is 0 Å². The topological polar surface area (TPSA) is 58.3 Å². The monoisotopic (exact) mass is 277 g/mol. The number of hydrogen-bond donors (Lipinski definition) is 1. The second kappa shape index (κ2) is 7.55. The molecule has 1 fully saturated rings. The van der Waals surface area contributed by atoms with Crippen LogP contribution in [-0.2, 0) is 6.42 Å². The van der Waals surface area contributed by atoms with Crippen LogP contribution in [0.3, 0.4) is 0 Å². The zero-order valence-electron chi connectivity index (χ0n) is 12.8. The molecule has 0 aromatic carbocycles. The SMILES string of the molecule is CCc1cc(N2CCN(CCCCN)CC2)nc(C)n1. The van der Waals surface area contributed by atoms with E-state index in [4.69, 9.17) is 5.73 Å². The maximum atomic E-state index is 5.54. The highest BCUT2D eigenvalue weighted by molar-refractivity contribution is 5.40. The van der Waals surface area contributed by atoms with Crippen LogP contribution < -0.4 is 10.6 Å². The molecule has 2 rings (SSSR count). The first-order chi connectivity index (χ1) is 9.72. The summed E-state index contributed by atoms with van der Waals surface area (Å²) >= 11 is 0. The Morgan fingerprint density at radius 3 is 2.55 bits per heavy atom. The van der Waals surface area contributed by atoms with Crippen molar-refractivity contribution < 1.29 is 0 Å². The van der Waals surface area contributed by atoms with Gasteiger partial charge in [-0.1, -0.05) is 6.92 Å². The van der Waals surface area contributed by atoms with Gasteiger partial charge in [0.05, 0.1) is 0 Å². The van der Waals surface area contributed by atoms with E-state index < -0.39 is 0 Å². The molecule has 1 aliphatic heterocycles. The Hall–Kier alpha value is -1.20. The molecule has 0 saturated carbocycles. The molecular formula is C15H27N5. The van der Waals surface area contributed by atoms with Crippen LogP contribution in [0.15, 0.2) is 6.07 Å². The Kier molecular flexibility index (Phi) is 5.73. The van der Waals surface area contributed by atoms with E-state index in [-0.39, 0.29) is 0 Å². The van der Waals surface area contributed by atoms with Crippen molar-refractivity contribution in [2.45, 2.75) is 33.1 Å². The molecule has 1 aromatic rings. The molecule has 2 N–H and O–H groups in total. The predicted molar refractivity (Wildman–Crippen MR) is 83.1 cm³/mol. The fourth-order valence-corrected chi connectivity index (χ4v) is 2.64. The summed E-state index contributed by atoms with van der Waals surface area (Å²) in [6.07, 6.45) is 3.31. The highest BCUT2D eigenvalue weighted by Crippen LogP contribution is 2.15. The van der Waals surface area contributed by atoms with Gasteiger partial charge in [0.1, 0.15) is 11.6 Å². The third-order valence-corrected chi connectivity index (χ3v) is 3.86. The van der Waals surface area contributed by atoms with Gasteiger partial charge >= 0.3 is 0 Å². The first kappa shape index (κ1) is 15.2. The number of hydrogen-bond acceptors (Lipinski definition) is 5. The van der Waals surface area contributed by atoms with Crippen molar-refractivity contribution in [2.24, 2.45) is 5.73 Å². The van der Waals surface area contributed by atoms with Crippen molar-refractivity contribution in [1.82, 2.24) is 14.9 Å². The van der Waals surface area contributed by atoms with E-state index in [1.165, 1.54) is 13.0 Å². The van der Waals surface area contributed by atoms with Gasteiger partial charge in [-0.2, -0.15) is 0 Å². The first-order valence-corrected chi connectivity index (χ1v) is 7.75. The molecule has 0 atom stereocenters. The van der Waals surface area contributed by atoms with Crippen molar-refractivity contribution in [1.29, 1.82) is 0 Å². The van der Waals surface area contributed by atoms with Gasteiger partial charge in [0, 0.05) is 37.9 Å². The summed E-state index contributed by atoms with van der Waals surface area (Å²) < 4.78 is 0. The fourth-order valence-electron chi connectivity index (χ4n) is 2.64. The molecule has 1 aliphatic rings. The van der Waals surface area contributed by atoms with E-state index in [1.807, 2.05) is 6.92 Å². The number of nitrogens with zero attached hydrogens (tertiary/aromatic N) is 4. The number of nitrogens with two attached hydrogens (primary N) is 1. The third-order valence-electron chi connectivity index (χ3n) is 3.86. The average Bonchev–Trinajstić information content (AvgIpc) is 2.47. The van der Waals surface area contributed by atoms with Gasteiger partial charge in [-0.3, -0.25) is 4.90 Å². The zero-order valence-corrected chi connectivity index (χ0v) is 12.8. The van der Waals surface area contributed by atoms with Crippen LogP contribution in [0.5, 0.6) is 0 Å². The lowest BCUT2D eigenvalue weighted by molar-refractivity contribution is 0.253. The Labute approximate surface area is 122 Å². The lowest BCUT2D eigenvalue weighted by atomic mass is 10.2. The van der Waals surface area contributed by atoms with Crippen LogP contribution >= 0.6 is 0 Å². The molecule has 0 spiro atoms. The number of rotatable bonds is 6. The Morgan fingerprint density at radius 2 is 1.90 bits per heavy atom. The molecule has 0 bridgehead atoms. The highest BCUT2D eigenvalue weighted by atomic mass is 15.3. The van der Waals surface area contributed by atoms with E-state index in [0.29, 0.717) is 0 Å². The highest BCUT2D eigenvalue weighted by Gasteiger charge is 2.18. The average molecular weight is 277 g/mol. The molecule has 20 heavy (non-hydrogen) atoms. The zero-order chi connectivity index (χ0) is 14.4. The quantitative estimate of drug-likeness (QED) is 0.792. The standard InChI is InChI=1S/C15H27N5/c1-3-14-12-15(18-13(2)17-14)20-10-8-19(9-11-20)7-5-4-6-16/h12H,3-11,16H2,1-2H3. The second-order valence-corrected chi connectivity index (χ2v) is 5.44. The minimum Gasteiger partial charge on any atom is -0.354 e. The van der Waals surface area contributed by atoms with Crippen molar-refractivity contribution in [3.63, 3.8) is 0 Å². The van der Waals surface area contributed by atoms with E-state index in [0.717, 1.165) is 62.9 Å².